The molecule has 0 radical (unpaired) electrons. The van der Waals surface area contributed by atoms with Crippen molar-refractivity contribution in [1.82, 2.24) is 8.61 Å². The number of benzene rings is 1. The van der Waals surface area contributed by atoms with E-state index in [9.17, 15) is 8.42 Å². The third kappa shape index (κ3) is 3.44. The molecule has 0 spiro atoms. The Morgan fingerprint density at radius 2 is 1.65 bits per heavy atom. The van der Waals surface area contributed by atoms with E-state index in [4.69, 9.17) is 5.73 Å². The smallest absolute Gasteiger partial charge is 0.282 e. The van der Waals surface area contributed by atoms with E-state index in [0.717, 1.165) is 12.3 Å². The molecule has 4 rings (SSSR count). The van der Waals surface area contributed by atoms with E-state index in [-0.39, 0.29) is 11.8 Å². The molecule has 2 N–H and O–H groups in total. The molecule has 4 atom stereocenters. The summed E-state index contributed by atoms with van der Waals surface area (Å²) in [5, 5.41) is 0. The SMILES string of the molecule is NC[C@@H]1CN(S(=O)(=O)N2CCC3CCCCC3C2)C[C@H]1c1ccccc1. The van der Waals surface area contributed by atoms with Gasteiger partial charge in [-0.3, -0.25) is 0 Å². The van der Waals surface area contributed by atoms with Gasteiger partial charge in [0, 0.05) is 32.1 Å². The quantitative estimate of drug-likeness (QED) is 0.876. The van der Waals surface area contributed by atoms with E-state index in [0.29, 0.717) is 38.6 Å². The lowest BCUT2D eigenvalue weighted by atomic mass is 9.76. The molecule has 2 aliphatic heterocycles. The average molecular weight is 378 g/mol. The van der Waals surface area contributed by atoms with Gasteiger partial charge in [-0.25, -0.2) is 0 Å². The molecule has 0 bridgehead atoms. The van der Waals surface area contributed by atoms with Crippen LogP contribution in [0.4, 0.5) is 0 Å². The predicted octanol–water partition coefficient (Wildman–Crippen LogP) is 2.42. The Bertz CT molecular complexity index is 709. The van der Waals surface area contributed by atoms with Crippen molar-refractivity contribution in [2.75, 3.05) is 32.7 Å². The maximum absolute atomic E-state index is 13.3. The fraction of sp³-hybridized carbons (Fsp3) is 0.700. The van der Waals surface area contributed by atoms with Crippen LogP contribution in [0.25, 0.3) is 0 Å². The van der Waals surface area contributed by atoms with Crippen LogP contribution in [-0.4, -0.2) is 49.8 Å². The normalized spacial score (nSPS) is 33.9. The molecule has 2 saturated heterocycles. The summed E-state index contributed by atoms with van der Waals surface area (Å²) in [5.41, 5.74) is 7.20. The van der Waals surface area contributed by atoms with Crippen molar-refractivity contribution in [1.29, 1.82) is 0 Å². The molecule has 1 aromatic carbocycles. The zero-order valence-electron chi connectivity index (χ0n) is 15.5. The van der Waals surface area contributed by atoms with E-state index in [1.54, 1.807) is 8.61 Å². The van der Waals surface area contributed by atoms with E-state index in [2.05, 4.69) is 12.1 Å². The Kier molecular flexibility index (Phi) is 5.37. The highest BCUT2D eigenvalue weighted by Gasteiger charge is 2.43. The summed E-state index contributed by atoms with van der Waals surface area (Å²) >= 11 is 0. The molecule has 0 amide bonds. The third-order valence-corrected chi connectivity index (χ3v) is 8.78. The second-order valence-corrected chi connectivity index (χ2v) is 10.2. The molecular formula is C20H31N3O2S. The summed E-state index contributed by atoms with van der Waals surface area (Å²) in [6.07, 6.45) is 6.07. The monoisotopic (exact) mass is 377 g/mol. The lowest BCUT2D eigenvalue weighted by Gasteiger charge is -2.41. The molecule has 26 heavy (non-hydrogen) atoms. The minimum absolute atomic E-state index is 0.194. The van der Waals surface area contributed by atoms with Crippen molar-refractivity contribution in [2.45, 2.75) is 38.0 Å². The molecule has 1 aliphatic carbocycles. The van der Waals surface area contributed by atoms with Crippen molar-refractivity contribution < 1.29 is 8.42 Å². The van der Waals surface area contributed by atoms with E-state index in [1.807, 2.05) is 18.2 Å². The van der Waals surface area contributed by atoms with Gasteiger partial charge in [-0.1, -0.05) is 49.6 Å². The second-order valence-electron chi connectivity index (χ2n) is 8.29. The van der Waals surface area contributed by atoms with Gasteiger partial charge in [0.25, 0.3) is 10.2 Å². The number of piperidine rings is 1. The fourth-order valence-electron chi connectivity index (χ4n) is 5.28. The Morgan fingerprint density at radius 1 is 0.923 bits per heavy atom. The summed E-state index contributed by atoms with van der Waals surface area (Å²) in [4.78, 5) is 0. The fourth-order valence-corrected chi connectivity index (χ4v) is 7.05. The molecule has 2 unspecified atom stereocenters. The van der Waals surface area contributed by atoms with Crippen LogP contribution in [0, 0.1) is 17.8 Å². The third-order valence-electron chi connectivity index (χ3n) is 6.84. The number of fused-ring (bicyclic) bond motifs is 1. The lowest BCUT2D eigenvalue weighted by molar-refractivity contribution is 0.132. The Balaban J connectivity index is 1.49. The summed E-state index contributed by atoms with van der Waals surface area (Å²) in [7, 11) is -3.39. The van der Waals surface area contributed by atoms with Crippen molar-refractivity contribution in [3.05, 3.63) is 35.9 Å². The highest BCUT2D eigenvalue weighted by Crippen LogP contribution is 2.39. The van der Waals surface area contributed by atoms with Gasteiger partial charge in [0.15, 0.2) is 0 Å². The van der Waals surface area contributed by atoms with Gasteiger partial charge in [-0.15, -0.1) is 0 Å². The summed E-state index contributed by atoms with van der Waals surface area (Å²) < 4.78 is 30.1. The number of rotatable bonds is 4. The first-order valence-electron chi connectivity index (χ1n) is 10.1. The van der Waals surface area contributed by atoms with E-state index < -0.39 is 10.2 Å². The van der Waals surface area contributed by atoms with Gasteiger partial charge in [0.1, 0.15) is 0 Å². The largest absolute Gasteiger partial charge is 0.330 e. The molecule has 2 heterocycles. The zero-order chi connectivity index (χ0) is 18.1. The number of nitrogens with zero attached hydrogens (tertiary/aromatic N) is 2. The van der Waals surface area contributed by atoms with Crippen LogP contribution in [0.2, 0.25) is 0 Å². The van der Waals surface area contributed by atoms with Gasteiger partial charge >= 0.3 is 0 Å². The van der Waals surface area contributed by atoms with Crippen LogP contribution in [0.15, 0.2) is 30.3 Å². The van der Waals surface area contributed by atoms with E-state index >= 15 is 0 Å². The summed E-state index contributed by atoms with van der Waals surface area (Å²) in [6.45, 7) is 3.02. The van der Waals surface area contributed by atoms with Crippen LogP contribution < -0.4 is 5.73 Å². The molecule has 3 aliphatic rings. The minimum atomic E-state index is -3.39. The van der Waals surface area contributed by atoms with Crippen molar-refractivity contribution in [3.63, 3.8) is 0 Å². The average Bonchev–Trinajstić information content (AvgIpc) is 3.13. The molecule has 144 valence electrons. The Labute approximate surface area is 157 Å². The topological polar surface area (TPSA) is 66.6 Å². The van der Waals surface area contributed by atoms with Gasteiger partial charge in [-0.2, -0.15) is 17.0 Å². The van der Waals surface area contributed by atoms with Crippen LogP contribution in [0.1, 0.15) is 43.6 Å². The van der Waals surface area contributed by atoms with E-state index in [1.165, 1.54) is 31.2 Å². The zero-order valence-corrected chi connectivity index (χ0v) is 16.3. The highest BCUT2D eigenvalue weighted by molar-refractivity contribution is 7.86. The van der Waals surface area contributed by atoms with Crippen molar-refractivity contribution in [3.8, 4) is 0 Å². The number of nitrogens with two attached hydrogens (primary N) is 1. The van der Waals surface area contributed by atoms with Gasteiger partial charge in [0.05, 0.1) is 0 Å². The first-order valence-corrected chi connectivity index (χ1v) is 11.5. The predicted molar refractivity (Wildman–Crippen MR) is 104 cm³/mol. The maximum atomic E-state index is 13.3. The van der Waals surface area contributed by atoms with Crippen LogP contribution in [-0.2, 0) is 10.2 Å². The number of hydrogen-bond acceptors (Lipinski definition) is 3. The van der Waals surface area contributed by atoms with Gasteiger partial charge in [0.2, 0.25) is 0 Å². The summed E-state index contributed by atoms with van der Waals surface area (Å²) in [6, 6.07) is 10.2. The Hall–Kier alpha value is -0.950. The molecule has 1 aromatic rings. The Morgan fingerprint density at radius 3 is 2.38 bits per heavy atom. The molecule has 5 nitrogen and oxygen atoms in total. The number of hydrogen-bond donors (Lipinski definition) is 1. The molecule has 1 saturated carbocycles. The molecular weight excluding hydrogens is 346 g/mol. The molecule has 6 heteroatoms. The first-order chi connectivity index (χ1) is 12.6. The van der Waals surface area contributed by atoms with Gasteiger partial charge in [-0.05, 0) is 42.7 Å². The maximum Gasteiger partial charge on any atom is 0.282 e. The van der Waals surface area contributed by atoms with Crippen LogP contribution in [0.3, 0.4) is 0 Å². The highest BCUT2D eigenvalue weighted by atomic mass is 32.2. The first kappa shape index (κ1) is 18.4. The van der Waals surface area contributed by atoms with Crippen LogP contribution in [0.5, 0.6) is 0 Å². The van der Waals surface area contributed by atoms with Crippen LogP contribution >= 0.6 is 0 Å². The van der Waals surface area contributed by atoms with Crippen molar-refractivity contribution in [2.24, 2.45) is 23.5 Å². The standard InChI is InChI=1S/C20H31N3O2S/c21-12-19-14-23(15-20(19)17-7-2-1-3-8-17)26(24,25)22-11-10-16-6-4-5-9-18(16)13-22/h1-3,7-8,16,18-20H,4-6,9-15,21H2/t16?,18?,19-,20+/m1/s1. The minimum Gasteiger partial charge on any atom is -0.330 e. The molecule has 0 aromatic heterocycles. The molecule has 3 fully saturated rings. The van der Waals surface area contributed by atoms with Crippen molar-refractivity contribution >= 4 is 10.2 Å². The summed E-state index contributed by atoms with van der Waals surface area (Å²) in [5.74, 6) is 1.69. The second kappa shape index (κ2) is 7.58. The lowest BCUT2D eigenvalue weighted by Crippen LogP contribution is -2.50. The van der Waals surface area contributed by atoms with Gasteiger partial charge < -0.3 is 5.73 Å².